The lowest BCUT2D eigenvalue weighted by atomic mass is 9.92. The molecule has 6 nitrogen and oxygen atoms in total. The van der Waals surface area contributed by atoms with Crippen LogP contribution < -0.4 is 0 Å². The van der Waals surface area contributed by atoms with Gasteiger partial charge in [-0.1, -0.05) is 321 Å². The summed E-state index contributed by atoms with van der Waals surface area (Å²) < 4.78 is 10.6. The van der Waals surface area contributed by atoms with Crippen LogP contribution in [0.2, 0.25) is 0 Å². The van der Waals surface area contributed by atoms with Crippen LogP contribution in [0.3, 0.4) is 0 Å². The van der Waals surface area contributed by atoms with E-state index in [0.717, 1.165) is 19.3 Å². The molecule has 1 aliphatic heterocycles. The first kappa shape index (κ1) is 66.6. The monoisotopic (exact) mass is 987 g/mol. The highest BCUT2D eigenvalue weighted by Gasteiger charge is 2.36. The van der Waals surface area contributed by atoms with Crippen molar-refractivity contribution in [2.45, 2.75) is 347 Å². The number of carbonyl (C=O) groups excluding carboxylic acids is 2. The molecular weight excluding hydrogens is 865 g/mol. The molecule has 2 N–H and O–H groups in total. The molecule has 1 heterocycles. The van der Waals surface area contributed by atoms with Gasteiger partial charge in [0.2, 0.25) is 0 Å². The Labute approximate surface area is 436 Å². The number of unbranched alkanes of at least 4 members (excludes halogenated alkanes) is 49. The van der Waals surface area contributed by atoms with Crippen LogP contribution in [-0.4, -0.2) is 48.6 Å². The number of aliphatic hydroxyl groups excluding tert-OH is 2. The van der Waals surface area contributed by atoms with Crippen LogP contribution in [0.5, 0.6) is 0 Å². The summed E-state index contributed by atoms with van der Waals surface area (Å²) in [5.74, 6) is -1.40. The molecule has 1 aliphatic rings. The van der Waals surface area contributed by atoms with Crippen LogP contribution in [0.25, 0.3) is 0 Å². The molecule has 1 saturated heterocycles. The van der Waals surface area contributed by atoms with Crippen molar-refractivity contribution in [3.8, 4) is 0 Å². The predicted molar refractivity (Wildman–Crippen MR) is 302 cm³/mol. The van der Waals surface area contributed by atoms with E-state index in [1.54, 1.807) is 0 Å². The Morgan fingerprint density at radius 3 is 0.886 bits per heavy atom. The van der Waals surface area contributed by atoms with Gasteiger partial charge in [-0.15, -0.1) is 0 Å². The summed E-state index contributed by atoms with van der Waals surface area (Å²) in [6.45, 7) is 1.21. The van der Waals surface area contributed by atoms with E-state index in [9.17, 15) is 19.8 Å². The number of hydrogen-bond acceptors (Lipinski definition) is 6. The number of rotatable bonds is 55. The topological polar surface area (TPSA) is 93.1 Å². The third kappa shape index (κ3) is 45.2. The molecular formula is C64H122O6. The van der Waals surface area contributed by atoms with E-state index in [1.807, 2.05) is 0 Å². The van der Waals surface area contributed by atoms with Gasteiger partial charge in [0.1, 0.15) is 13.2 Å². The third-order valence-electron chi connectivity index (χ3n) is 15.8. The van der Waals surface area contributed by atoms with Crippen molar-refractivity contribution in [3.05, 3.63) is 12.2 Å². The fourth-order valence-electron chi connectivity index (χ4n) is 10.6. The van der Waals surface area contributed by atoms with Gasteiger partial charge in [0.05, 0.1) is 31.0 Å². The minimum atomic E-state index is -1.12. The summed E-state index contributed by atoms with van der Waals surface area (Å²) in [7, 11) is 0. The van der Waals surface area contributed by atoms with Crippen molar-refractivity contribution in [1.82, 2.24) is 0 Å². The number of carbonyl (C=O) groups is 2. The van der Waals surface area contributed by atoms with Gasteiger partial charge in [-0.25, -0.2) is 0 Å². The standard InChI is InChI=1S/C64H122O6/c1-2-3-4-5-6-7-8-9-10-11-12-13-14-15-16-17-18-19-20-21-22-23-24-25-26-27-28-29-30-31-32-33-34-35-36-37-38-39-40-41-42-43-44-45-46-47-48-49-50-51-52-53-54-55-61-56-62(67)69-59-64(57-65,58-66)60-70-63(61)68/h28-29,61,65-66H,2-27,30-60H2,1H3/b29-28+. The van der Waals surface area contributed by atoms with Crippen LogP contribution in [0.4, 0.5) is 0 Å². The van der Waals surface area contributed by atoms with Gasteiger partial charge in [0.25, 0.3) is 0 Å². The van der Waals surface area contributed by atoms with Gasteiger partial charge < -0.3 is 19.7 Å². The molecule has 0 radical (unpaired) electrons. The second-order valence-corrected chi connectivity index (χ2v) is 22.8. The fourth-order valence-corrected chi connectivity index (χ4v) is 10.6. The molecule has 0 aliphatic carbocycles. The maximum Gasteiger partial charge on any atom is 0.309 e. The second kappa shape index (κ2) is 53.9. The molecule has 70 heavy (non-hydrogen) atoms. The predicted octanol–water partition coefficient (Wildman–Crippen LogP) is 19.9. The van der Waals surface area contributed by atoms with Gasteiger partial charge in [-0.3, -0.25) is 9.59 Å². The fraction of sp³-hybridized carbons (Fsp3) is 0.938. The number of aliphatic hydroxyl groups is 2. The highest BCUT2D eigenvalue weighted by atomic mass is 16.6. The first-order chi connectivity index (χ1) is 34.6. The van der Waals surface area contributed by atoms with E-state index in [1.165, 1.54) is 308 Å². The lowest BCUT2D eigenvalue weighted by Gasteiger charge is -2.27. The summed E-state index contributed by atoms with van der Waals surface area (Å²) in [6.07, 6.45) is 77.2. The Morgan fingerprint density at radius 1 is 0.371 bits per heavy atom. The SMILES string of the molecule is CCCCCCCCCCCCCCCCCCCCCCCCCCC/C=C/CCCCCCCCCCCCCCCCCCCCCCCCCCC1CC(=O)OCC(CO)(CO)COC1=O. The Kier molecular flexibility index (Phi) is 51.3. The smallest absolute Gasteiger partial charge is 0.309 e. The van der Waals surface area contributed by atoms with Crippen LogP contribution >= 0.6 is 0 Å². The van der Waals surface area contributed by atoms with Gasteiger partial charge in [-0.05, 0) is 32.1 Å². The summed E-state index contributed by atoms with van der Waals surface area (Å²) in [5, 5.41) is 19.2. The Bertz CT molecular complexity index is 1100. The van der Waals surface area contributed by atoms with E-state index in [2.05, 4.69) is 19.1 Å². The van der Waals surface area contributed by atoms with Gasteiger partial charge >= 0.3 is 11.9 Å². The normalized spacial score (nSPS) is 15.3. The molecule has 1 unspecified atom stereocenters. The van der Waals surface area contributed by atoms with Crippen LogP contribution in [0.1, 0.15) is 347 Å². The summed E-state index contributed by atoms with van der Waals surface area (Å²) in [6, 6.07) is 0. The molecule has 1 fully saturated rings. The van der Waals surface area contributed by atoms with Crippen molar-refractivity contribution in [2.75, 3.05) is 26.4 Å². The molecule has 0 amide bonds. The molecule has 0 saturated carbocycles. The minimum absolute atomic E-state index is 0.00442. The van der Waals surface area contributed by atoms with Crippen molar-refractivity contribution in [1.29, 1.82) is 0 Å². The average Bonchev–Trinajstić information content (AvgIpc) is 3.43. The number of cyclic esters (lactones) is 2. The average molecular weight is 988 g/mol. The minimum Gasteiger partial charge on any atom is -0.465 e. The second-order valence-electron chi connectivity index (χ2n) is 22.8. The lowest BCUT2D eigenvalue weighted by Crippen LogP contribution is -2.40. The molecule has 0 aromatic rings. The van der Waals surface area contributed by atoms with E-state index < -0.39 is 36.5 Å². The highest BCUT2D eigenvalue weighted by Crippen LogP contribution is 2.25. The first-order valence-electron chi connectivity index (χ1n) is 31.8. The van der Waals surface area contributed by atoms with Crippen molar-refractivity contribution >= 4 is 11.9 Å². The lowest BCUT2D eigenvalue weighted by molar-refractivity contribution is -0.155. The molecule has 0 aromatic carbocycles. The summed E-state index contributed by atoms with van der Waals surface area (Å²) in [4.78, 5) is 24.7. The molecule has 0 aromatic heterocycles. The first-order valence-corrected chi connectivity index (χ1v) is 31.8. The number of allylic oxidation sites excluding steroid dienone is 2. The summed E-state index contributed by atoms with van der Waals surface area (Å²) >= 11 is 0. The molecule has 0 bridgehead atoms. The van der Waals surface area contributed by atoms with Crippen molar-refractivity contribution in [3.63, 3.8) is 0 Å². The highest BCUT2D eigenvalue weighted by molar-refractivity contribution is 5.80. The molecule has 1 atom stereocenters. The van der Waals surface area contributed by atoms with E-state index in [4.69, 9.17) is 9.47 Å². The van der Waals surface area contributed by atoms with Gasteiger partial charge in [-0.2, -0.15) is 0 Å². The quantitative estimate of drug-likeness (QED) is 0.0358. The van der Waals surface area contributed by atoms with E-state index in [-0.39, 0.29) is 19.6 Å². The molecule has 0 spiro atoms. The maximum atomic E-state index is 12.5. The zero-order chi connectivity index (χ0) is 50.4. The molecule has 414 valence electrons. The van der Waals surface area contributed by atoms with Crippen LogP contribution in [-0.2, 0) is 19.1 Å². The van der Waals surface area contributed by atoms with Crippen molar-refractivity contribution < 1.29 is 29.3 Å². The van der Waals surface area contributed by atoms with Crippen LogP contribution in [0.15, 0.2) is 12.2 Å². The van der Waals surface area contributed by atoms with E-state index >= 15 is 0 Å². The van der Waals surface area contributed by atoms with Crippen LogP contribution in [0, 0.1) is 11.3 Å². The molecule has 1 rings (SSSR count). The number of esters is 2. The number of hydrogen-bond donors (Lipinski definition) is 2. The largest absolute Gasteiger partial charge is 0.465 e. The Balaban J connectivity index is 1.69. The van der Waals surface area contributed by atoms with Crippen molar-refractivity contribution in [2.24, 2.45) is 11.3 Å². The zero-order valence-electron chi connectivity index (χ0n) is 47.1. The Morgan fingerprint density at radius 2 is 0.614 bits per heavy atom. The Hall–Kier alpha value is -1.40. The maximum absolute atomic E-state index is 12.5. The van der Waals surface area contributed by atoms with Gasteiger partial charge in [0, 0.05) is 0 Å². The zero-order valence-corrected chi connectivity index (χ0v) is 47.1. The molecule has 6 heteroatoms. The summed E-state index contributed by atoms with van der Waals surface area (Å²) in [5.41, 5.74) is -1.12. The number of ether oxygens (including phenoxy) is 2. The van der Waals surface area contributed by atoms with E-state index in [0.29, 0.717) is 6.42 Å². The third-order valence-corrected chi connectivity index (χ3v) is 15.8. The van der Waals surface area contributed by atoms with Gasteiger partial charge in [0.15, 0.2) is 0 Å².